The van der Waals surface area contributed by atoms with Crippen molar-refractivity contribution in [2.24, 2.45) is 11.7 Å². The second kappa shape index (κ2) is 7.22. The minimum atomic E-state index is -1.34. The highest BCUT2D eigenvalue weighted by Crippen LogP contribution is 2.46. The molecule has 0 aliphatic carbocycles. The van der Waals surface area contributed by atoms with Gasteiger partial charge >= 0.3 is 11.9 Å². The van der Waals surface area contributed by atoms with Crippen LogP contribution in [0.2, 0.25) is 0 Å². The maximum atomic E-state index is 12.5. The number of hydrogen-bond acceptors (Lipinski definition) is 8. The molecule has 3 rings (SSSR count). The summed E-state index contributed by atoms with van der Waals surface area (Å²) in [6.07, 6.45) is 0.126. The Labute approximate surface area is 157 Å². The predicted molar refractivity (Wildman–Crippen MR) is 94.0 cm³/mol. The van der Waals surface area contributed by atoms with E-state index in [1.165, 1.54) is 18.3 Å². The summed E-state index contributed by atoms with van der Waals surface area (Å²) in [5, 5.41) is 9.93. The Morgan fingerprint density at radius 3 is 2.69 bits per heavy atom. The SMILES string of the molecule is CC(=O)OCC1=C(C(=O)O)N2C(=O)C(C(=O)Cc3cccs3)[C@H]2SC1N. The summed E-state index contributed by atoms with van der Waals surface area (Å²) in [6, 6.07) is 3.63. The van der Waals surface area contributed by atoms with Crippen molar-refractivity contribution in [2.45, 2.75) is 24.1 Å². The Kier molecular flexibility index (Phi) is 5.17. The van der Waals surface area contributed by atoms with Crippen molar-refractivity contribution in [3.05, 3.63) is 33.7 Å². The van der Waals surface area contributed by atoms with Gasteiger partial charge in [0.05, 0.1) is 5.37 Å². The third-order valence-electron chi connectivity index (χ3n) is 4.13. The number of aliphatic carboxylic acids is 1. The zero-order valence-electron chi connectivity index (χ0n) is 13.7. The van der Waals surface area contributed by atoms with Crippen LogP contribution in [0.5, 0.6) is 0 Å². The first-order valence-corrected chi connectivity index (χ1v) is 9.52. The van der Waals surface area contributed by atoms with Crippen molar-refractivity contribution < 1.29 is 29.0 Å². The number of Topliss-reactive ketones (excluding diaryl/α,β-unsaturated/α-hetero) is 1. The van der Waals surface area contributed by atoms with Gasteiger partial charge in [0, 0.05) is 23.8 Å². The number of carboxylic acids is 1. The number of β-lactam (4-membered cyclic amide) rings is 1. The van der Waals surface area contributed by atoms with Crippen molar-refractivity contribution in [1.29, 1.82) is 0 Å². The average molecular weight is 396 g/mol. The fourth-order valence-electron chi connectivity index (χ4n) is 2.92. The van der Waals surface area contributed by atoms with E-state index in [1.54, 1.807) is 0 Å². The minimum absolute atomic E-state index is 0.126. The number of rotatable bonds is 6. The zero-order valence-corrected chi connectivity index (χ0v) is 15.3. The molecule has 8 nitrogen and oxygen atoms in total. The van der Waals surface area contributed by atoms with E-state index in [4.69, 9.17) is 10.5 Å². The molecule has 10 heteroatoms. The van der Waals surface area contributed by atoms with Gasteiger partial charge in [-0.25, -0.2) is 4.79 Å². The van der Waals surface area contributed by atoms with Crippen molar-refractivity contribution in [3.8, 4) is 0 Å². The highest BCUT2D eigenvalue weighted by atomic mass is 32.2. The molecule has 1 saturated heterocycles. The quantitative estimate of drug-likeness (QED) is 0.406. The second-order valence-electron chi connectivity index (χ2n) is 5.81. The smallest absolute Gasteiger partial charge is 0.352 e. The molecule has 0 aromatic carbocycles. The van der Waals surface area contributed by atoms with Crippen LogP contribution in [0.25, 0.3) is 0 Å². The maximum absolute atomic E-state index is 12.5. The van der Waals surface area contributed by atoms with Crippen LogP contribution in [0.3, 0.4) is 0 Å². The zero-order chi connectivity index (χ0) is 19.0. The molecule has 1 aromatic rings. The number of hydrogen-bond donors (Lipinski definition) is 2. The highest BCUT2D eigenvalue weighted by Gasteiger charge is 2.57. The fourth-order valence-corrected chi connectivity index (χ4v) is 5.04. The molecule has 0 spiro atoms. The average Bonchev–Trinajstić information content (AvgIpc) is 3.05. The lowest BCUT2D eigenvalue weighted by Gasteiger charge is -2.50. The summed E-state index contributed by atoms with van der Waals surface area (Å²) in [6.45, 7) is 0.884. The molecular weight excluding hydrogens is 380 g/mol. The van der Waals surface area contributed by atoms with Crippen molar-refractivity contribution in [1.82, 2.24) is 4.90 Å². The van der Waals surface area contributed by atoms with Gasteiger partial charge < -0.3 is 15.6 Å². The predicted octanol–water partition coefficient (Wildman–Crippen LogP) is 0.578. The van der Waals surface area contributed by atoms with Crippen molar-refractivity contribution in [3.63, 3.8) is 0 Å². The Balaban J connectivity index is 1.84. The molecular formula is C16H16N2O6S2. The monoisotopic (exact) mass is 396 g/mol. The van der Waals surface area contributed by atoms with E-state index in [-0.39, 0.29) is 30.1 Å². The second-order valence-corrected chi connectivity index (χ2v) is 8.11. The molecule has 138 valence electrons. The van der Waals surface area contributed by atoms with E-state index < -0.39 is 34.5 Å². The first-order chi connectivity index (χ1) is 12.3. The van der Waals surface area contributed by atoms with Gasteiger partial charge in [-0.1, -0.05) is 6.07 Å². The van der Waals surface area contributed by atoms with Crippen molar-refractivity contribution in [2.75, 3.05) is 6.61 Å². The van der Waals surface area contributed by atoms with Crippen LogP contribution < -0.4 is 5.73 Å². The van der Waals surface area contributed by atoms with Gasteiger partial charge in [-0.15, -0.1) is 23.1 Å². The molecule has 2 unspecified atom stereocenters. The van der Waals surface area contributed by atoms with Gasteiger partial charge in [-0.3, -0.25) is 19.3 Å². The molecule has 2 aliphatic rings. The van der Waals surface area contributed by atoms with Crippen LogP contribution in [0.4, 0.5) is 0 Å². The molecule has 1 amide bonds. The number of nitrogens with zero attached hydrogens (tertiary/aromatic N) is 1. The number of thioether (sulfide) groups is 1. The lowest BCUT2D eigenvalue weighted by Crippen LogP contribution is -2.65. The van der Waals surface area contributed by atoms with Gasteiger partial charge in [0.15, 0.2) is 5.78 Å². The van der Waals surface area contributed by atoms with Gasteiger partial charge in [0.25, 0.3) is 0 Å². The topological polar surface area (TPSA) is 127 Å². The molecule has 0 bridgehead atoms. The highest BCUT2D eigenvalue weighted by molar-refractivity contribution is 8.00. The summed E-state index contributed by atoms with van der Waals surface area (Å²) in [4.78, 5) is 49.7. The van der Waals surface area contributed by atoms with Gasteiger partial charge in [-0.05, 0) is 11.4 Å². The van der Waals surface area contributed by atoms with Crippen molar-refractivity contribution >= 4 is 46.7 Å². The third-order valence-corrected chi connectivity index (χ3v) is 6.34. The summed E-state index contributed by atoms with van der Waals surface area (Å²) in [7, 11) is 0. The Morgan fingerprint density at radius 1 is 1.38 bits per heavy atom. The van der Waals surface area contributed by atoms with Crippen LogP contribution in [-0.4, -0.2) is 51.0 Å². The summed E-state index contributed by atoms with van der Waals surface area (Å²) >= 11 is 2.54. The van der Waals surface area contributed by atoms with Crippen LogP contribution >= 0.6 is 23.1 Å². The summed E-state index contributed by atoms with van der Waals surface area (Å²) in [5.41, 5.74) is 5.87. The largest absolute Gasteiger partial charge is 0.477 e. The van der Waals surface area contributed by atoms with E-state index >= 15 is 0 Å². The lowest BCUT2D eigenvalue weighted by atomic mass is 9.89. The molecule has 2 aliphatic heterocycles. The number of esters is 1. The number of ketones is 1. The van der Waals surface area contributed by atoms with Gasteiger partial charge in [0.2, 0.25) is 5.91 Å². The first-order valence-electron chi connectivity index (χ1n) is 7.70. The molecule has 0 radical (unpaired) electrons. The lowest BCUT2D eigenvalue weighted by molar-refractivity contribution is -0.157. The molecule has 1 aromatic heterocycles. The third kappa shape index (κ3) is 3.27. The number of fused-ring (bicyclic) bond motifs is 1. The number of thiophene rings is 1. The Bertz CT molecular complexity index is 804. The van der Waals surface area contributed by atoms with E-state index in [9.17, 15) is 24.3 Å². The van der Waals surface area contributed by atoms with Crippen LogP contribution in [0.1, 0.15) is 11.8 Å². The molecule has 0 saturated carbocycles. The van der Waals surface area contributed by atoms with Gasteiger partial charge in [0.1, 0.15) is 23.6 Å². The number of nitrogens with two attached hydrogens (primary N) is 1. The van der Waals surface area contributed by atoms with Crippen LogP contribution in [-0.2, 0) is 30.3 Å². The molecule has 3 N–H and O–H groups in total. The number of carbonyl (C=O) groups excluding carboxylic acids is 3. The number of amides is 1. The Hall–Kier alpha value is -2.17. The fraction of sp³-hybridized carbons (Fsp3) is 0.375. The Morgan fingerprint density at radius 2 is 2.12 bits per heavy atom. The first kappa shape index (κ1) is 18.6. The minimum Gasteiger partial charge on any atom is -0.477 e. The van der Waals surface area contributed by atoms with E-state index in [0.29, 0.717) is 0 Å². The van der Waals surface area contributed by atoms with Gasteiger partial charge in [-0.2, -0.15) is 0 Å². The number of carbonyl (C=O) groups is 4. The maximum Gasteiger partial charge on any atom is 0.352 e. The molecule has 3 heterocycles. The number of carboxylic acid groups (broad SMARTS) is 1. The molecule has 1 fully saturated rings. The number of ether oxygens (including phenoxy) is 1. The molecule has 3 atom stereocenters. The molecule has 26 heavy (non-hydrogen) atoms. The van der Waals surface area contributed by atoms with E-state index in [0.717, 1.165) is 21.5 Å². The van der Waals surface area contributed by atoms with Crippen LogP contribution in [0, 0.1) is 5.92 Å². The van der Waals surface area contributed by atoms with E-state index in [1.807, 2.05) is 17.5 Å². The summed E-state index contributed by atoms with van der Waals surface area (Å²) < 4.78 is 4.86. The normalized spacial score (nSPS) is 24.8. The van der Waals surface area contributed by atoms with E-state index in [2.05, 4.69) is 0 Å². The standard InChI is InChI=1S/C16H16N2O6S2/c1-7(19)24-6-9-12(16(22)23)18-14(21)11(15(18)26-13(9)17)10(20)5-8-3-2-4-25-8/h2-4,11,13,15H,5-6,17H2,1H3,(H,22,23)/t11?,13?,15-/m1/s1. The van der Waals surface area contributed by atoms with Crippen LogP contribution in [0.15, 0.2) is 28.8 Å². The summed E-state index contributed by atoms with van der Waals surface area (Å²) in [5.74, 6) is -3.66.